The van der Waals surface area contributed by atoms with Gasteiger partial charge in [-0.25, -0.2) is 0 Å². The zero-order valence-corrected chi connectivity index (χ0v) is 6.88. The standard InChI is InChI=1S/C10H15O/c1-2-3-4-5-6-7-8-9-10-11/h2,8-9H,1,3-7H2/b9-8+. The van der Waals surface area contributed by atoms with Crippen molar-refractivity contribution in [3.8, 4) is 0 Å². The fraction of sp³-hybridized carbons (Fsp3) is 0.500. The second-order valence-corrected chi connectivity index (χ2v) is 2.45. The van der Waals surface area contributed by atoms with Gasteiger partial charge in [-0.1, -0.05) is 18.6 Å². The molecule has 0 aliphatic rings. The highest BCUT2D eigenvalue weighted by atomic mass is 16.1. The van der Waals surface area contributed by atoms with Crippen molar-refractivity contribution >= 4 is 6.29 Å². The van der Waals surface area contributed by atoms with E-state index >= 15 is 0 Å². The van der Waals surface area contributed by atoms with E-state index < -0.39 is 0 Å². The van der Waals surface area contributed by atoms with Gasteiger partial charge in [0.25, 0.3) is 0 Å². The first-order valence-electron chi connectivity index (χ1n) is 4.05. The Morgan fingerprint density at radius 3 is 2.55 bits per heavy atom. The van der Waals surface area contributed by atoms with Crippen LogP contribution in [-0.2, 0) is 4.79 Å². The van der Waals surface area contributed by atoms with Gasteiger partial charge in [0.1, 0.15) is 0 Å². The molecule has 0 aromatic carbocycles. The molecule has 11 heavy (non-hydrogen) atoms. The largest absolute Gasteiger partial charge is 0.286 e. The van der Waals surface area contributed by atoms with Crippen LogP contribution in [0.15, 0.2) is 24.8 Å². The normalized spacial score (nSPS) is 10.2. The molecule has 0 saturated carbocycles. The first kappa shape index (κ1) is 10.2. The zero-order valence-electron chi connectivity index (χ0n) is 6.88. The molecule has 61 valence electrons. The van der Waals surface area contributed by atoms with E-state index in [0.717, 1.165) is 19.3 Å². The third-order valence-electron chi connectivity index (χ3n) is 1.46. The van der Waals surface area contributed by atoms with Gasteiger partial charge in [-0.05, 0) is 31.8 Å². The lowest BCUT2D eigenvalue weighted by Crippen LogP contribution is -1.74. The molecule has 0 aliphatic heterocycles. The molecule has 0 spiro atoms. The molecule has 0 N–H and O–H groups in total. The minimum Gasteiger partial charge on any atom is -0.286 e. The molecule has 0 atom stereocenters. The maximum atomic E-state index is 9.71. The Morgan fingerprint density at radius 2 is 1.91 bits per heavy atom. The van der Waals surface area contributed by atoms with E-state index in [-0.39, 0.29) is 0 Å². The molecule has 0 saturated heterocycles. The van der Waals surface area contributed by atoms with Crippen molar-refractivity contribution < 1.29 is 4.79 Å². The average molecular weight is 151 g/mol. The molecule has 1 nitrogen and oxygen atoms in total. The highest BCUT2D eigenvalue weighted by molar-refractivity contribution is 5.65. The molecular weight excluding hydrogens is 136 g/mol. The summed E-state index contributed by atoms with van der Waals surface area (Å²) in [7, 11) is 0. The molecule has 0 unspecified atom stereocenters. The first-order valence-corrected chi connectivity index (χ1v) is 4.05. The Bertz CT molecular complexity index is 125. The average Bonchev–Trinajstić information content (AvgIpc) is 2.03. The summed E-state index contributed by atoms with van der Waals surface area (Å²) in [4.78, 5) is 9.71. The Morgan fingerprint density at radius 1 is 1.18 bits per heavy atom. The van der Waals surface area contributed by atoms with Crippen LogP contribution in [0.4, 0.5) is 0 Å². The second-order valence-electron chi connectivity index (χ2n) is 2.45. The summed E-state index contributed by atoms with van der Waals surface area (Å²) in [5.41, 5.74) is 0. The lowest BCUT2D eigenvalue weighted by Gasteiger charge is -1.93. The third-order valence-corrected chi connectivity index (χ3v) is 1.46. The van der Waals surface area contributed by atoms with Gasteiger partial charge in [0.05, 0.1) is 0 Å². The van der Waals surface area contributed by atoms with Gasteiger partial charge < -0.3 is 0 Å². The lowest BCUT2D eigenvalue weighted by atomic mass is 10.1. The van der Waals surface area contributed by atoms with Crippen LogP contribution in [0.3, 0.4) is 0 Å². The lowest BCUT2D eigenvalue weighted by molar-refractivity contribution is 0.564. The molecule has 0 aromatic heterocycles. The van der Waals surface area contributed by atoms with Gasteiger partial charge >= 0.3 is 0 Å². The minimum atomic E-state index is 0.992. The van der Waals surface area contributed by atoms with Crippen molar-refractivity contribution in [2.24, 2.45) is 0 Å². The molecule has 0 fully saturated rings. The third kappa shape index (κ3) is 9.15. The monoisotopic (exact) mass is 151 g/mol. The van der Waals surface area contributed by atoms with Gasteiger partial charge in [-0.2, -0.15) is 0 Å². The van der Waals surface area contributed by atoms with Crippen LogP contribution in [0.1, 0.15) is 32.1 Å². The van der Waals surface area contributed by atoms with Crippen LogP contribution in [0.2, 0.25) is 0 Å². The van der Waals surface area contributed by atoms with Gasteiger partial charge in [0, 0.05) is 0 Å². The summed E-state index contributed by atoms with van der Waals surface area (Å²) in [5, 5.41) is 0. The van der Waals surface area contributed by atoms with Crippen molar-refractivity contribution in [2.45, 2.75) is 32.1 Å². The van der Waals surface area contributed by atoms with Gasteiger partial charge in [0.15, 0.2) is 0 Å². The molecule has 0 aromatic rings. The maximum absolute atomic E-state index is 9.71. The Balaban J connectivity index is 2.95. The van der Waals surface area contributed by atoms with E-state index in [1.54, 1.807) is 6.29 Å². The quantitative estimate of drug-likeness (QED) is 0.310. The Labute approximate surface area is 68.8 Å². The molecular formula is C10H15O. The first-order chi connectivity index (χ1) is 5.41. The van der Waals surface area contributed by atoms with E-state index in [1.807, 2.05) is 12.2 Å². The summed E-state index contributed by atoms with van der Waals surface area (Å²) in [6.07, 6.45) is 12.6. The molecule has 1 heteroatoms. The second kappa shape index (κ2) is 9.15. The molecule has 0 amide bonds. The summed E-state index contributed by atoms with van der Waals surface area (Å²) >= 11 is 0. The van der Waals surface area contributed by atoms with Crippen LogP contribution in [0, 0.1) is 0 Å². The number of hydrogen-bond acceptors (Lipinski definition) is 1. The Kier molecular flexibility index (Phi) is 8.44. The Hall–Kier alpha value is -0.850. The van der Waals surface area contributed by atoms with Crippen LogP contribution in [0.5, 0.6) is 0 Å². The van der Waals surface area contributed by atoms with Crippen LogP contribution in [-0.4, -0.2) is 6.29 Å². The highest BCUT2D eigenvalue weighted by Gasteiger charge is 1.84. The fourth-order valence-electron chi connectivity index (χ4n) is 0.859. The van der Waals surface area contributed by atoms with E-state index in [4.69, 9.17) is 0 Å². The summed E-state index contributed by atoms with van der Waals surface area (Å²) in [6, 6.07) is 0. The molecule has 0 aliphatic carbocycles. The van der Waals surface area contributed by atoms with Gasteiger partial charge in [0.2, 0.25) is 6.29 Å². The molecule has 1 radical (unpaired) electrons. The number of allylic oxidation sites excluding steroid dienone is 3. The van der Waals surface area contributed by atoms with E-state index in [9.17, 15) is 4.79 Å². The number of rotatable bonds is 7. The minimum absolute atomic E-state index is 0.992. The van der Waals surface area contributed by atoms with Crippen molar-refractivity contribution in [3.05, 3.63) is 24.8 Å². The molecule has 0 heterocycles. The van der Waals surface area contributed by atoms with Crippen molar-refractivity contribution in [1.29, 1.82) is 0 Å². The predicted octanol–water partition coefficient (Wildman–Crippen LogP) is 2.79. The topological polar surface area (TPSA) is 17.1 Å². The highest BCUT2D eigenvalue weighted by Crippen LogP contribution is 2.03. The fourth-order valence-corrected chi connectivity index (χ4v) is 0.859. The molecule has 0 bridgehead atoms. The summed E-state index contributed by atoms with van der Waals surface area (Å²) in [5.74, 6) is 0. The van der Waals surface area contributed by atoms with Crippen molar-refractivity contribution in [3.63, 3.8) is 0 Å². The van der Waals surface area contributed by atoms with E-state index in [0.29, 0.717) is 0 Å². The van der Waals surface area contributed by atoms with Crippen LogP contribution in [0.25, 0.3) is 0 Å². The predicted molar refractivity (Wildman–Crippen MR) is 48.1 cm³/mol. The number of unbranched alkanes of at least 4 members (excludes halogenated alkanes) is 4. The van der Waals surface area contributed by atoms with Gasteiger partial charge in [-0.3, -0.25) is 4.79 Å². The van der Waals surface area contributed by atoms with Crippen molar-refractivity contribution in [2.75, 3.05) is 0 Å². The maximum Gasteiger partial charge on any atom is 0.225 e. The summed E-state index contributed by atoms with van der Waals surface area (Å²) in [6.45, 7) is 3.64. The van der Waals surface area contributed by atoms with Crippen LogP contribution < -0.4 is 0 Å². The zero-order chi connectivity index (χ0) is 8.36. The SMILES string of the molecule is C=CCCCCC/C=C/[C]=O. The number of carbonyl (C=O) groups excluding carboxylic acids is 1. The van der Waals surface area contributed by atoms with E-state index in [1.165, 1.54) is 18.9 Å². The molecule has 0 rings (SSSR count). The van der Waals surface area contributed by atoms with Crippen molar-refractivity contribution in [1.82, 2.24) is 0 Å². The number of hydrogen-bond donors (Lipinski definition) is 0. The smallest absolute Gasteiger partial charge is 0.225 e. The van der Waals surface area contributed by atoms with Gasteiger partial charge in [-0.15, -0.1) is 6.58 Å². The van der Waals surface area contributed by atoms with E-state index in [2.05, 4.69) is 6.58 Å². The summed E-state index contributed by atoms with van der Waals surface area (Å²) < 4.78 is 0. The van der Waals surface area contributed by atoms with Crippen LogP contribution >= 0.6 is 0 Å².